The van der Waals surface area contributed by atoms with Gasteiger partial charge in [-0.1, -0.05) is 43.2 Å². The molecule has 0 aromatic heterocycles. The van der Waals surface area contributed by atoms with Crippen molar-refractivity contribution >= 4 is 28.6 Å². The van der Waals surface area contributed by atoms with Gasteiger partial charge in [-0.25, -0.2) is 0 Å². The van der Waals surface area contributed by atoms with Gasteiger partial charge in [-0.15, -0.1) is 0 Å². The van der Waals surface area contributed by atoms with Crippen molar-refractivity contribution < 1.29 is 19.5 Å². The van der Waals surface area contributed by atoms with Gasteiger partial charge in [-0.2, -0.15) is 0 Å². The van der Waals surface area contributed by atoms with Crippen molar-refractivity contribution in [2.45, 2.75) is 57.2 Å². The largest absolute Gasteiger partial charge is 0.480 e. The van der Waals surface area contributed by atoms with Crippen molar-refractivity contribution in [2.75, 3.05) is 0 Å². The van der Waals surface area contributed by atoms with E-state index >= 15 is 0 Å². The average molecular weight is 394 g/mol. The number of rotatable bonds is 4. The number of aliphatic carboxylic acids is 1. The Hall–Kier alpha value is -2.89. The first-order valence-corrected chi connectivity index (χ1v) is 10.3. The summed E-state index contributed by atoms with van der Waals surface area (Å²) in [4.78, 5) is 39.3. The molecule has 2 aromatic carbocycles. The van der Waals surface area contributed by atoms with Crippen LogP contribution < -0.4 is 5.32 Å². The van der Waals surface area contributed by atoms with Crippen LogP contribution in [-0.4, -0.2) is 45.9 Å². The molecule has 4 atom stereocenters. The van der Waals surface area contributed by atoms with Crippen LogP contribution in [0.5, 0.6) is 0 Å². The first-order valence-electron chi connectivity index (χ1n) is 10.3. The highest BCUT2D eigenvalue weighted by Gasteiger charge is 2.47. The van der Waals surface area contributed by atoms with E-state index in [4.69, 9.17) is 5.11 Å². The molecule has 1 aliphatic carbocycles. The Balaban J connectivity index is 1.65. The van der Waals surface area contributed by atoms with Crippen molar-refractivity contribution in [1.82, 2.24) is 10.2 Å². The second-order valence-electron chi connectivity index (χ2n) is 8.21. The average Bonchev–Trinajstić information content (AvgIpc) is 3.12. The minimum atomic E-state index is -1.08. The van der Waals surface area contributed by atoms with Crippen LogP contribution in [0.4, 0.5) is 0 Å². The SMILES string of the molecule is C[C@@H](NC(=O)C1CC2CCCCC2N1C(=O)c1ccc2ccccc2c1)C(=O)O. The summed E-state index contributed by atoms with van der Waals surface area (Å²) in [5.41, 5.74) is 0.569. The molecule has 2 N–H and O–H groups in total. The Labute approximate surface area is 169 Å². The third-order valence-electron chi connectivity index (χ3n) is 6.35. The summed E-state index contributed by atoms with van der Waals surface area (Å²) in [5.74, 6) is -1.30. The van der Waals surface area contributed by atoms with Gasteiger partial charge in [0.15, 0.2) is 0 Å². The maximum Gasteiger partial charge on any atom is 0.325 e. The quantitative estimate of drug-likeness (QED) is 0.834. The van der Waals surface area contributed by atoms with E-state index in [9.17, 15) is 14.4 Å². The molecule has 29 heavy (non-hydrogen) atoms. The Kier molecular flexibility index (Phi) is 5.26. The molecule has 2 fully saturated rings. The summed E-state index contributed by atoms with van der Waals surface area (Å²) in [6.07, 6.45) is 4.65. The molecule has 2 aliphatic rings. The van der Waals surface area contributed by atoms with E-state index < -0.39 is 18.1 Å². The zero-order valence-electron chi connectivity index (χ0n) is 16.5. The van der Waals surface area contributed by atoms with Crippen molar-refractivity contribution in [3.63, 3.8) is 0 Å². The minimum Gasteiger partial charge on any atom is -0.480 e. The van der Waals surface area contributed by atoms with Gasteiger partial charge in [0.2, 0.25) is 5.91 Å². The summed E-state index contributed by atoms with van der Waals surface area (Å²) >= 11 is 0. The molecule has 0 radical (unpaired) electrons. The molecule has 2 amide bonds. The first kappa shape index (κ1) is 19.4. The second kappa shape index (κ2) is 7.85. The molecule has 2 aromatic rings. The summed E-state index contributed by atoms with van der Waals surface area (Å²) in [7, 11) is 0. The number of nitrogens with one attached hydrogen (secondary N) is 1. The summed E-state index contributed by atoms with van der Waals surface area (Å²) < 4.78 is 0. The van der Waals surface area contributed by atoms with E-state index in [1.165, 1.54) is 6.92 Å². The standard InChI is InChI=1S/C23H26N2O4/c1-14(23(28)29)24-21(26)20-13-17-8-4-5-9-19(17)25(20)22(27)18-11-10-15-6-2-3-7-16(15)12-18/h2-3,6-7,10-12,14,17,19-20H,4-5,8-9,13H2,1H3,(H,24,26)(H,28,29)/t14-,17?,19?,20?/m1/s1. The molecular formula is C23H26N2O4. The monoisotopic (exact) mass is 394 g/mol. The van der Waals surface area contributed by atoms with E-state index in [0.717, 1.165) is 36.5 Å². The lowest BCUT2D eigenvalue weighted by atomic mass is 9.84. The normalized spacial score (nSPS) is 24.7. The van der Waals surface area contributed by atoms with Gasteiger partial charge in [0.25, 0.3) is 5.91 Å². The fourth-order valence-corrected chi connectivity index (χ4v) is 4.83. The predicted octanol–water partition coefficient (Wildman–Crippen LogP) is 3.20. The van der Waals surface area contributed by atoms with Crippen LogP contribution >= 0.6 is 0 Å². The van der Waals surface area contributed by atoms with E-state index in [1.54, 1.807) is 4.90 Å². The van der Waals surface area contributed by atoms with E-state index in [2.05, 4.69) is 5.32 Å². The van der Waals surface area contributed by atoms with Crippen molar-refractivity contribution in [1.29, 1.82) is 0 Å². The Morgan fingerprint density at radius 3 is 2.55 bits per heavy atom. The Bertz CT molecular complexity index is 957. The van der Waals surface area contributed by atoms with Crippen LogP contribution in [0, 0.1) is 5.92 Å². The van der Waals surface area contributed by atoms with Crippen LogP contribution in [0.2, 0.25) is 0 Å². The number of amides is 2. The number of hydrogen-bond donors (Lipinski definition) is 2. The maximum absolute atomic E-state index is 13.5. The molecule has 1 heterocycles. The highest BCUT2D eigenvalue weighted by molar-refractivity contribution is 6.01. The van der Waals surface area contributed by atoms with Crippen LogP contribution in [0.25, 0.3) is 10.8 Å². The van der Waals surface area contributed by atoms with Gasteiger partial charge in [-0.05, 0) is 55.0 Å². The second-order valence-corrected chi connectivity index (χ2v) is 8.21. The number of carboxylic acid groups (broad SMARTS) is 1. The Morgan fingerprint density at radius 2 is 1.79 bits per heavy atom. The number of fused-ring (bicyclic) bond motifs is 2. The third-order valence-corrected chi connectivity index (χ3v) is 6.35. The van der Waals surface area contributed by atoms with Crippen LogP contribution in [0.1, 0.15) is 49.4 Å². The number of nitrogens with zero attached hydrogens (tertiary/aromatic N) is 1. The molecule has 1 saturated heterocycles. The summed E-state index contributed by atoms with van der Waals surface area (Å²) in [5, 5.41) is 13.7. The molecule has 4 rings (SSSR count). The van der Waals surface area contributed by atoms with Crippen LogP contribution in [-0.2, 0) is 9.59 Å². The molecule has 6 heteroatoms. The first-order chi connectivity index (χ1) is 14.0. The Morgan fingerprint density at radius 1 is 1.07 bits per heavy atom. The maximum atomic E-state index is 13.5. The molecule has 6 nitrogen and oxygen atoms in total. The fourth-order valence-electron chi connectivity index (χ4n) is 4.83. The number of likely N-dealkylation sites (tertiary alicyclic amines) is 1. The highest BCUT2D eigenvalue weighted by Crippen LogP contribution is 2.40. The predicted molar refractivity (Wildman–Crippen MR) is 110 cm³/mol. The molecule has 3 unspecified atom stereocenters. The lowest BCUT2D eigenvalue weighted by Gasteiger charge is -2.34. The topological polar surface area (TPSA) is 86.7 Å². The summed E-state index contributed by atoms with van der Waals surface area (Å²) in [6.45, 7) is 1.44. The number of carbonyl (C=O) groups excluding carboxylic acids is 2. The third kappa shape index (κ3) is 3.71. The summed E-state index contributed by atoms with van der Waals surface area (Å²) in [6, 6.07) is 11.9. The number of carboxylic acids is 1. The van der Waals surface area contributed by atoms with E-state index in [-0.39, 0.29) is 17.9 Å². The van der Waals surface area contributed by atoms with Gasteiger partial charge in [0.1, 0.15) is 12.1 Å². The van der Waals surface area contributed by atoms with Gasteiger partial charge < -0.3 is 15.3 Å². The van der Waals surface area contributed by atoms with Crippen molar-refractivity contribution in [3.8, 4) is 0 Å². The van der Waals surface area contributed by atoms with Crippen LogP contribution in [0.3, 0.4) is 0 Å². The number of benzene rings is 2. The number of hydrogen-bond acceptors (Lipinski definition) is 3. The van der Waals surface area contributed by atoms with Gasteiger partial charge in [-0.3, -0.25) is 14.4 Å². The molecule has 0 spiro atoms. The zero-order valence-corrected chi connectivity index (χ0v) is 16.5. The van der Waals surface area contributed by atoms with Gasteiger partial charge >= 0.3 is 5.97 Å². The van der Waals surface area contributed by atoms with Gasteiger partial charge in [0.05, 0.1) is 0 Å². The fraction of sp³-hybridized carbons (Fsp3) is 0.435. The van der Waals surface area contributed by atoms with Crippen molar-refractivity contribution in [2.24, 2.45) is 5.92 Å². The zero-order chi connectivity index (χ0) is 20.5. The molecule has 152 valence electrons. The van der Waals surface area contributed by atoms with Crippen LogP contribution in [0.15, 0.2) is 42.5 Å². The van der Waals surface area contributed by atoms with E-state index in [0.29, 0.717) is 17.9 Å². The minimum absolute atomic E-state index is 0.0404. The molecular weight excluding hydrogens is 368 g/mol. The molecule has 1 saturated carbocycles. The van der Waals surface area contributed by atoms with Gasteiger partial charge in [0, 0.05) is 11.6 Å². The smallest absolute Gasteiger partial charge is 0.325 e. The molecule has 0 bridgehead atoms. The lowest BCUT2D eigenvalue weighted by molar-refractivity contribution is -0.141. The lowest BCUT2D eigenvalue weighted by Crippen LogP contribution is -2.52. The number of carbonyl (C=O) groups is 3. The van der Waals surface area contributed by atoms with Crippen molar-refractivity contribution in [3.05, 3.63) is 48.0 Å². The molecule has 1 aliphatic heterocycles. The highest BCUT2D eigenvalue weighted by atomic mass is 16.4. The van der Waals surface area contributed by atoms with E-state index in [1.807, 2.05) is 42.5 Å².